The normalized spacial score (nSPS) is 21.5. The summed E-state index contributed by atoms with van der Waals surface area (Å²) in [6, 6.07) is 4.48. The molecule has 2 rings (SSSR count). The number of amides is 1. The van der Waals surface area contributed by atoms with Gasteiger partial charge in [0.2, 0.25) is 5.91 Å². The Balaban J connectivity index is 1.95. The van der Waals surface area contributed by atoms with Gasteiger partial charge in [-0.2, -0.15) is 0 Å². The van der Waals surface area contributed by atoms with Gasteiger partial charge >= 0.3 is 0 Å². The summed E-state index contributed by atoms with van der Waals surface area (Å²) in [5.41, 5.74) is 0. The molecule has 0 bridgehead atoms. The van der Waals surface area contributed by atoms with Crippen LogP contribution in [-0.2, 0) is 11.2 Å². The Morgan fingerprint density at radius 2 is 2.57 bits per heavy atom. The fourth-order valence-electron chi connectivity index (χ4n) is 1.97. The maximum absolute atomic E-state index is 11.9. The molecule has 1 aliphatic heterocycles. The van der Waals surface area contributed by atoms with E-state index in [-0.39, 0.29) is 5.91 Å². The van der Waals surface area contributed by atoms with E-state index in [0.29, 0.717) is 12.5 Å². The Hall–Kier alpha value is -0.830. The van der Waals surface area contributed by atoms with Crippen LogP contribution in [0.3, 0.4) is 0 Å². The maximum atomic E-state index is 11.9. The minimum Gasteiger partial charge on any atom is -0.340 e. The second-order valence-electron chi connectivity index (χ2n) is 3.83. The highest BCUT2D eigenvalue weighted by molar-refractivity contribution is 7.10. The topological polar surface area (TPSA) is 20.3 Å². The summed E-state index contributed by atoms with van der Waals surface area (Å²) in [6.45, 7) is 3.09. The summed E-state index contributed by atoms with van der Waals surface area (Å²) < 4.78 is 0. The first-order valence-electron chi connectivity index (χ1n) is 5.09. The van der Waals surface area contributed by atoms with Gasteiger partial charge in [0.15, 0.2) is 0 Å². The first kappa shape index (κ1) is 9.71. The molecule has 1 unspecified atom stereocenters. The Kier molecular flexibility index (Phi) is 2.87. The van der Waals surface area contributed by atoms with Crippen molar-refractivity contribution in [3.05, 3.63) is 22.4 Å². The lowest BCUT2D eigenvalue weighted by atomic mass is 10.2. The van der Waals surface area contributed by atoms with Crippen molar-refractivity contribution in [3.63, 3.8) is 0 Å². The average molecular weight is 209 g/mol. The van der Waals surface area contributed by atoms with Gasteiger partial charge in [0.1, 0.15) is 0 Å². The van der Waals surface area contributed by atoms with Crippen LogP contribution in [0.15, 0.2) is 17.5 Å². The van der Waals surface area contributed by atoms with Gasteiger partial charge < -0.3 is 4.90 Å². The molecule has 1 aromatic heterocycles. The van der Waals surface area contributed by atoms with Crippen LogP contribution in [0.1, 0.15) is 24.6 Å². The van der Waals surface area contributed by atoms with Crippen LogP contribution in [0.4, 0.5) is 0 Å². The number of thiophene rings is 1. The number of rotatable bonds is 2. The van der Waals surface area contributed by atoms with E-state index in [9.17, 15) is 4.79 Å². The molecule has 0 radical (unpaired) electrons. The summed E-state index contributed by atoms with van der Waals surface area (Å²) in [4.78, 5) is 15.0. The summed E-state index contributed by atoms with van der Waals surface area (Å²) in [7, 11) is 0. The van der Waals surface area contributed by atoms with Crippen molar-refractivity contribution in [1.29, 1.82) is 0 Å². The fraction of sp³-hybridized carbons (Fsp3) is 0.545. The summed E-state index contributed by atoms with van der Waals surface area (Å²) in [5.74, 6) is 0.289. The van der Waals surface area contributed by atoms with Crippen molar-refractivity contribution in [2.45, 2.75) is 32.2 Å². The number of carbonyl (C=O) groups is 1. The number of hydrogen-bond donors (Lipinski definition) is 0. The first-order valence-corrected chi connectivity index (χ1v) is 5.97. The Morgan fingerprint density at radius 3 is 3.14 bits per heavy atom. The van der Waals surface area contributed by atoms with Crippen molar-refractivity contribution in [1.82, 2.24) is 4.90 Å². The molecular formula is C11H15NOS. The molecule has 1 fully saturated rings. The van der Waals surface area contributed by atoms with E-state index in [1.165, 1.54) is 4.88 Å². The molecule has 1 aliphatic rings. The zero-order valence-electron chi connectivity index (χ0n) is 8.40. The van der Waals surface area contributed by atoms with Gasteiger partial charge in [-0.05, 0) is 31.2 Å². The maximum Gasteiger partial charge on any atom is 0.228 e. The third-order valence-corrected chi connectivity index (χ3v) is 3.66. The third-order valence-electron chi connectivity index (χ3n) is 2.78. The van der Waals surface area contributed by atoms with E-state index in [1.54, 1.807) is 11.3 Å². The second kappa shape index (κ2) is 4.13. The first-order chi connectivity index (χ1) is 6.77. The van der Waals surface area contributed by atoms with Crippen molar-refractivity contribution in [3.8, 4) is 0 Å². The number of likely N-dealkylation sites (tertiary alicyclic amines) is 1. The molecule has 76 valence electrons. The molecule has 1 amide bonds. The van der Waals surface area contributed by atoms with Crippen LogP contribution in [0.2, 0.25) is 0 Å². The molecule has 2 nitrogen and oxygen atoms in total. The number of carbonyl (C=O) groups excluding carboxylic acids is 1. The average Bonchev–Trinajstić information content (AvgIpc) is 2.75. The highest BCUT2D eigenvalue weighted by Gasteiger charge is 2.24. The molecule has 0 aromatic carbocycles. The molecule has 1 atom stereocenters. The molecule has 1 aromatic rings. The van der Waals surface area contributed by atoms with Crippen LogP contribution in [-0.4, -0.2) is 23.4 Å². The summed E-state index contributed by atoms with van der Waals surface area (Å²) >= 11 is 1.66. The monoisotopic (exact) mass is 209 g/mol. The van der Waals surface area contributed by atoms with E-state index in [4.69, 9.17) is 0 Å². The van der Waals surface area contributed by atoms with E-state index in [2.05, 4.69) is 6.92 Å². The molecule has 2 heterocycles. The molecule has 0 aliphatic carbocycles. The summed E-state index contributed by atoms with van der Waals surface area (Å²) in [6.07, 6.45) is 2.91. The molecule has 1 saturated heterocycles. The molecule has 3 heteroatoms. The van der Waals surface area contributed by atoms with Crippen molar-refractivity contribution >= 4 is 17.2 Å². The largest absolute Gasteiger partial charge is 0.340 e. The smallest absolute Gasteiger partial charge is 0.228 e. The van der Waals surface area contributed by atoms with Crippen LogP contribution >= 0.6 is 11.3 Å². The highest BCUT2D eigenvalue weighted by Crippen LogP contribution is 2.19. The molecule has 14 heavy (non-hydrogen) atoms. The lowest BCUT2D eigenvalue weighted by Crippen LogP contribution is -2.34. The van der Waals surface area contributed by atoms with Gasteiger partial charge in [0.05, 0.1) is 6.42 Å². The highest BCUT2D eigenvalue weighted by atomic mass is 32.1. The van der Waals surface area contributed by atoms with Gasteiger partial charge in [-0.15, -0.1) is 11.3 Å². The Labute approximate surface area is 88.5 Å². The van der Waals surface area contributed by atoms with Crippen molar-refractivity contribution in [2.24, 2.45) is 0 Å². The van der Waals surface area contributed by atoms with Gasteiger partial charge in [-0.1, -0.05) is 6.07 Å². The lowest BCUT2D eigenvalue weighted by Gasteiger charge is -2.20. The van der Waals surface area contributed by atoms with Gasteiger partial charge in [0.25, 0.3) is 0 Å². The SMILES string of the molecule is CC1CCCN1C(=O)Cc1cccs1. The zero-order chi connectivity index (χ0) is 9.97. The zero-order valence-corrected chi connectivity index (χ0v) is 9.22. The van der Waals surface area contributed by atoms with Gasteiger partial charge in [0, 0.05) is 17.5 Å². The van der Waals surface area contributed by atoms with E-state index in [0.717, 1.165) is 19.4 Å². The lowest BCUT2D eigenvalue weighted by molar-refractivity contribution is -0.130. The van der Waals surface area contributed by atoms with E-state index >= 15 is 0 Å². The predicted molar refractivity (Wildman–Crippen MR) is 58.4 cm³/mol. The fourth-order valence-corrected chi connectivity index (χ4v) is 2.66. The molecule has 0 saturated carbocycles. The van der Waals surface area contributed by atoms with Crippen LogP contribution in [0.25, 0.3) is 0 Å². The second-order valence-corrected chi connectivity index (χ2v) is 4.87. The minimum absolute atomic E-state index is 0.289. The molecule has 0 N–H and O–H groups in total. The van der Waals surface area contributed by atoms with Gasteiger partial charge in [-0.3, -0.25) is 4.79 Å². The summed E-state index contributed by atoms with van der Waals surface area (Å²) in [5, 5.41) is 2.02. The number of hydrogen-bond acceptors (Lipinski definition) is 2. The van der Waals surface area contributed by atoms with Crippen LogP contribution in [0, 0.1) is 0 Å². The minimum atomic E-state index is 0.289. The third kappa shape index (κ3) is 1.98. The van der Waals surface area contributed by atoms with Crippen LogP contribution < -0.4 is 0 Å². The van der Waals surface area contributed by atoms with Crippen LogP contribution in [0.5, 0.6) is 0 Å². The quantitative estimate of drug-likeness (QED) is 0.732. The van der Waals surface area contributed by atoms with E-state index in [1.807, 2.05) is 22.4 Å². The van der Waals surface area contributed by atoms with Crippen molar-refractivity contribution < 1.29 is 4.79 Å². The van der Waals surface area contributed by atoms with Gasteiger partial charge in [-0.25, -0.2) is 0 Å². The Morgan fingerprint density at radius 1 is 1.71 bits per heavy atom. The molecule has 0 spiro atoms. The number of nitrogens with zero attached hydrogens (tertiary/aromatic N) is 1. The van der Waals surface area contributed by atoms with E-state index < -0.39 is 0 Å². The Bertz CT molecular complexity index is 307. The standard InChI is InChI=1S/C11H15NOS/c1-9-4-2-6-12(9)11(13)8-10-5-3-7-14-10/h3,5,7,9H,2,4,6,8H2,1H3. The van der Waals surface area contributed by atoms with Crippen molar-refractivity contribution in [2.75, 3.05) is 6.54 Å². The predicted octanol–water partition coefficient (Wildman–Crippen LogP) is 2.30. The molecular weight excluding hydrogens is 194 g/mol.